The van der Waals surface area contributed by atoms with Gasteiger partial charge >= 0.3 is 0 Å². The van der Waals surface area contributed by atoms with Crippen molar-refractivity contribution in [3.8, 4) is 0 Å². The van der Waals surface area contributed by atoms with E-state index in [1.54, 1.807) is 11.1 Å². The predicted molar refractivity (Wildman–Crippen MR) is 114 cm³/mol. The molecule has 0 bridgehead atoms. The smallest absolute Gasteiger partial charge is 0.0245 e. The Morgan fingerprint density at radius 1 is 0.760 bits per heavy atom. The molecule has 0 heterocycles. The molecule has 0 nitrogen and oxygen atoms in total. The number of benzene rings is 1. The van der Waals surface area contributed by atoms with E-state index in [-0.39, 0.29) is 0 Å². The van der Waals surface area contributed by atoms with Gasteiger partial charge < -0.3 is 0 Å². The summed E-state index contributed by atoms with van der Waals surface area (Å²) in [7, 11) is 0. The van der Waals surface area contributed by atoms with E-state index in [1.807, 2.05) is 0 Å². The Kier molecular flexibility index (Phi) is 12.8. The Labute approximate surface area is 158 Å². The summed E-state index contributed by atoms with van der Waals surface area (Å²) in [6.07, 6.45) is 19.7. The molecule has 1 aromatic carbocycles. The summed E-state index contributed by atoms with van der Waals surface area (Å²) in [4.78, 5) is 0. The summed E-state index contributed by atoms with van der Waals surface area (Å²) in [5.41, 5.74) is 4.77. The van der Waals surface area contributed by atoms with Crippen LogP contribution in [0.1, 0.15) is 109 Å². The Hall–Kier alpha value is -0.780. The van der Waals surface area contributed by atoms with Gasteiger partial charge in [-0.15, -0.1) is 0 Å². The lowest BCUT2D eigenvalue weighted by molar-refractivity contribution is 0.541. The van der Waals surface area contributed by atoms with Crippen LogP contribution in [0.5, 0.6) is 0 Å². The van der Waals surface area contributed by atoms with E-state index in [1.165, 1.54) is 82.6 Å². The topological polar surface area (TPSA) is 0 Å². The summed E-state index contributed by atoms with van der Waals surface area (Å²) in [5.74, 6) is 0.749. The summed E-state index contributed by atoms with van der Waals surface area (Å²) in [6.45, 7) is 9.27. The van der Waals surface area contributed by atoms with Crippen molar-refractivity contribution < 1.29 is 0 Å². The maximum atomic E-state index is 2.54. The third-order valence-electron chi connectivity index (χ3n) is 5.39. The van der Waals surface area contributed by atoms with Crippen LogP contribution in [0.25, 0.3) is 0 Å². The van der Waals surface area contributed by atoms with Gasteiger partial charge in [-0.3, -0.25) is 0 Å². The molecular weight excluding hydrogens is 300 g/mol. The molecule has 0 saturated carbocycles. The Morgan fingerprint density at radius 2 is 1.36 bits per heavy atom. The number of hydrogen-bond acceptors (Lipinski definition) is 0. The van der Waals surface area contributed by atoms with Crippen LogP contribution in [0.3, 0.4) is 0 Å². The van der Waals surface area contributed by atoms with Crippen LogP contribution in [-0.4, -0.2) is 0 Å². The minimum atomic E-state index is 0.749. The van der Waals surface area contributed by atoms with Crippen molar-refractivity contribution in [2.45, 2.75) is 111 Å². The fourth-order valence-electron chi connectivity index (χ4n) is 3.59. The molecule has 0 fully saturated rings. The number of unbranched alkanes of at least 4 members (excludes halogenated alkanes) is 6. The van der Waals surface area contributed by atoms with Crippen LogP contribution in [0.2, 0.25) is 0 Å². The van der Waals surface area contributed by atoms with Crippen molar-refractivity contribution in [1.29, 1.82) is 0 Å². The first kappa shape index (κ1) is 22.3. The van der Waals surface area contributed by atoms with Crippen LogP contribution >= 0.6 is 0 Å². The van der Waals surface area contributed by atoms with Crippen molar-refractivity contribution in [3.05, 3.63) is 41.3 Å². The van der Waals surface area contributed by atoms with Gasteiger partial charge in [-0.2, -0.15) is 0 Å². The van der Waals surface area contributed by atoms with E-state index in [0.717, 1.165) is 12.3 Å². The molecule has 1 radical (unpaired) electrons. The van der Waals surface area contributed by atoms with Gasteiger partial charge in [-0.25, -0.2) is 0 Å². The average molecular weight is 344 g/mol. The van der Waals surface area contributed by atoms with Gasteiger partial charge in [0.05, 0.1) is 0 Å². The molecule has 1 rings (SSSR count). The molecule has 0 aliphatic rings. The highest BCUT2D eigenvalue weighted by Crippen LogP contribution is 2.21. The van der Waals surface area contributed by atoms with Gasteiger partial charge in [0.15, 0.2) is 0 Å². The first-order chi connectivity index (χ1) is 12.2. The molecule has 0 N–H and O–H groups in total. The van der Waals surface area contributed by atoms with E-state index in [0.29, 0.717) is 0 Å². The molecule has 0 saturated heterocycles. The normalized spacial score (nSPS) is 12.5. The van der Waals surface area contributed by atoms with E-state index in [9.17, 15) is 0 Å². The highest BCUT2D eigenvalue weighted by Gasteiger charge is 2.07. The van der Waals surface area contributed by atoms with Crippen LogP contribution < -0.4 is 0 Å². The van der Waals surface area contributed by atoms with E-state index < -0.39 is 0 Å². The average Bonchev–Trinajstić information content (AvgIpc) is 2.62. The lowest BCUT2D eigenvalue weighted by Gasteiger charge is -2.14. The third-order valence-corrected chi connectivity index (χ3v) is 5.39. The minimum absolute atomic E-state index is 0.749. The maximum Gasteiger partial charge on any atom is -0.0245 e. The third kappa shape index (κ3) is 10.1. The molecule has 1 atom stereocenters. The fraction of sp³-hybridized carbons (Fsp3) is 0.720. The quantitative estimate of drug-likeness (QED) is 0.282. The lowest BCUT2D eigenvalue weighted by atomic mass is 9.91. The molecule has 0 aromatic heterocycles. The van der Waals surface area contributed by atoms with Crippen LogP contribution in [0.15, 0.2) is 18.2 Å². The van der Waals surface area contributed by atoms with Crippen molar-refractivity contribution in [2.75, 3.05) is 0 Å². The van der Waals surface area contributed by atoms with E-state index in [2.05, 4.69) is 52.3 Å². The second-order valence-electron chi connectivity index (χ2n) is 7.93. The zero-order valence-electron chi connectivity index (χ0n) is 17.6. The first-order valence-electron chi connectivity index (χ1n) is 11.1. The SMILES string of the molecule is CCCCCc1ccc(C[CH]C(C)CCCCC)cc1CCCCC. The molecule has 25 heavy (non-hydrogen) atoms. The van der Waals surface area contributed by atoms with Gasteiger partial charge in [-0.05, 0) is 61.1 Å². The molecule has 143 valence electrons. The molecule has 0 amide bonds. The minimum Gasteiger partial charge on any atom is -0.0654 e. The summed E-state index contributed by atoms with van der Waals surface area (Å²) >= 11 is 0. The van der Waals surface area contributed by atoms with Gasteiger partial charge in [0, 0.05) is 0 Å². The first-order valence-corrected chi connectivity index (χ1v) is 11.1. The Balaban J connectivity index is 2.59. The largest absolute Gasteiger partial charge is 0.0654 e. The Morgan fingerprint density at radius 3 is 2.00 bits per heavy atom. The fourth-order valence-corrected chi connectivity index (χ4v) is 3.59. The molecule has 0 aliphatic carbocycles. The van der Waals surface area contributed by atoms with Crippen LogP contribution in [-0.2, 0) is 19.3 Å². The molecule has 1 aromatic rings. The summed E-state index contributed by atoms with van der Waals surface area (Å²) in [5, 5.41) is 0. The molecule has 0 aliphatic heterocycles. The molecule has 0 spiro atoms. The molecule has 1 unspecified atom stereocenters. The van der Waals surface area contributed by atoms with E-state index in [4.69, 9.17) is 0 Å². The Bertz CT molecular complexity index is 432. The van der Waals surface area contributed by atoms with Gasteiger partial charge in [0.2, 0.25) is 0 Å². The highest BCUT2D eigenvalue weighted by atomic mass is 14.1. The van der Waals surface area contributed by atoms with Gasteiger partial charge in [0.1, 0.15) is 0 Å². The summed E-state index contributed by atoms with van der Waals surface area (Å²) < 4.78 is 0. The standard InChI is InChI=1S/C25H43/c1-5-8-11-14-22(4)17-18-23-19-20-24(15-12-9-6-2)25(21-23)16-13-10-7-3/h17,19-22H,5-16,18H2,1-4H3. The van der Waals surface area contributed by atoms with Crippen molar-refractivity contribution >= 4 is 0 Å². The predicted octanol–water partition coefficient (Wildman–Crippen LogP) is 8.12. The molecule has 0 heteroatoms. The number of rotatable bonds is 15. The molecular formula is C25H43. The zero-order chi connectivity index (χ0) is 18.3. The van der Waals surface area contributed by atoms with Crippen molar-refractivity contribution in [3.63, 3.8) is 0 Å². The van der Waals surface area contributed by atoms with Gasteiger partial charge in [-0.1, -0.05) is 97.3 Å². The monoisotopic (exact) mass is 343 g/mol. The highest BCUT2D eigenvalue weighted by molar-refractivity contribution is 5.33. The second kappa shape index (κ2) is 14.4. The number of aryl methyl sites for hydroxylation is 2. The summed E-state index contributed by atoms with van der Waals surface area (Å²) in [6, 6.07) is 7.34. The number of hydrogen-bond donors (Lipinski definition) is 0. The van der Waals surface area contributed by atoms with Crippen molar-refractivity contribution in [1.82, 2.24) is 0 Å². The lowest BCUT2D eigenvalue weighted by Crippen LogP contribution is -2.01. The van der Waals surface area contributed by atoms with E-state index >= 15 is 0 Å². The zero-order valence-corrected chi connectivity index (χ0v) is 17.6. The van der Waals surface area contributed by atoms with Gasteiger partial charge in [0.25, 0.3) is 0 Å². The maximum absolute atomic E-state index is 2.54. The second-order valence-corrected chi connectivity index (χ2v) is 7.93. The van der Waals surface area contributed by atoms with Crippen LogP contribution in [0, 0.1) is 12.3 Å². The van der Waals surface area contributed by atoms with Crippen LogP contribution in [0.4, 0.5) is 0 Å². The van der Waals surface area contributed by atoms with Crippen molar-refractivity contribution in [2.24, 2.45) is 5.92 Å².